The number of fused-ring (bicyclic) bond motifs is 5. The summed E-state index contributed by atoms with van der Waals surface area (Å²) in [6.45, 7) is 3.23. The van der Waals surface area contributed by atoms with Gasteiger partial charge in [0.25, 0.3) is 5.56 Å². The summed E-state index contributed by atoms with van der Waals surface area (Å²) in [5.41, 5.74) is 6.27. The molecule has 4 aromatic rings. The Bertz CT molecular complexity index is 2040. The highest BCUT2D eigenvalue weighted by Gasteiger charge is 2.32. The quantitative estimate of drug-likeness (QED) is 0.213. The standard InChI is InChI=1S/C33H27N5O6/c1-16-29(17(2)39)30(37-33(43)35-16)18-7-9-19(10-8-18)34-13-22-20-5-3-4-6-25(20)36-31-23(22)14-38-26(31)11-21-24(32(38)42)15-44-28(41)12-27(21)40/h3-11,13,27,30,40H,12,14-15H2,1-2H3,(H2,35,37,43). The van der Waals surface area contributed by atoms with Crippen LogP contribution in [-0.2, 0) is 27.5 Å². The summed E-state index contributed by atoms with van der Waals surface area (Å²) >= 11 is 0. The lowest BCUT2D eigenvalue weighted by Crippen LogP contribution is -2.44. The second-order valence-electron chi connectivity index (χ2n) is 11.1. The zero-order chi connectivity index (χ0) is 30.7. The predicted octanol–water partition coefficient (Wildman–Crippen LogP) is 3.87. The van der Waals surface area contributed by atoms with Gasteiger partial charge in [-0.05, 0) is 49.2 Å². The maximum Gasteiger partial charge on any atom is 0.319 e. The Kier molecular flexibility index (Phi) is 6.47. The Hall–Kier alpha value is -5.42. The number of allylic oxidation sites excluding steroid dienone is 1. The molecule has 2 unspecified atom stereocenters. The predicted molar refractivity (Wildman–Crippen MR) is 161 cm³/mol. The number of cyclic esters (lactones) is 1. The number of aliphatic imine (C=N–C) groups is 1. The summed E-state index contributed by atoms with van der Waals surface area (Å²) in [5.74, 6) is -0.687. The molecule has 2 amide bonds. The Morgan fingerprint density at radius 2 is 1.89 bits per heavy atom. The highest BCUT2D eigenvalue weighted by molar-refractivity contribution is 6.03. The van der Waals surface area contributed by atoms with E-state index in [0.29, 0.717) is 33.9 Å². The maximum atomic E-state index is 13.6. The summed E-state index contributed by atoms with van der Waals surface area (Å²) < 4.78 is 6.77. The summed E-state index contributed by atoms with van der Waals surface area (Å²) in [5, 5.41) is 17.0. The lowest BCUT2D eigenvalue weighted by atomic mass is 9.93. The highest BCUT2D eigenvalue weighted by Crippen LogP contribution is 2.37. The first-order valence-corrected chi connectivity index (χ1v) is 14.1. The number of urea groups is 1. The number of hydrogen-bond acceptors (Lipinski definition) is 8. The van der Waals surface area contributed by atoms with Crippen molar-refractivity contribution in [3.05, 3.63) is 104 Å². The first-order valence-electron chi connectivity index (χ1n) is 14.1. The van der Waals surface area contributed by atoms with Crippen LogP contribution in [0.25, 0.3) is 22.3 Å². The summed E-state index contributed by atoms with van der Waals surface area (Å²) in [6, 6.07) is 15.7. The van der Waals surface area contributed by atoms with Gasteiger partial charge >= 0.3 is 12.0 Å². The Labute approximate surface area is 250 Å². The number of carbonyl (C=O) groups is 3. The number of ketones is 1. The summed E-state index contributed by atoms with van der Waals surface area (Å²) in [4.78, 5) is 59.6. The Balaban J connectivity index is 1.28. The van der Waals surface area contributed by atoms with Crippen molar-refractivity contribution in [1.82, 2.24) is 20.2 Å². The van der Waals surface area contributed by atoms with E-state index in [4.69, 9.17) is 14.7 Å². The minimum absolute atomic E-state index is 0.132. The normalized spacial score (nSPS) is 19.2. The van der Waals surface area contributed by atoms with E-state index in [2.05, 4.69) is 10.6 Å². The molecule has 0 spiro atoms. The van der Waals surface area contributed by atoms with Crippen molar-refractivity contribution in [2.24, 2.45) is 4.99 Å². The minimum Gasteiger partial charge on any atom is -0.460 e. The number of nitrogens with one attached hydrogen (secondary N) is 2. The van der Waals surface area contributed by atoms with E-state index >= 15 is 0 Å². The van der Waals surface area contributed by atoms with E-state index in [-0.39, 0.29) is 42.5 Å². The number of nitrogens with zero attached hydrogens (tertiary/aromatic N) is 3. The van der Waals surface area contributed by atoms with Gasteiger partial charge in [0.1, 0.15) is 6.61 Å². The SMILES string of the molecule is CC(=O)C1=C(C)NC(=O)NC1c1ccc(N=Cc2c3c(nc4ccccc24)-c2cc4c(c(=O)n2C3)COC(=O)CC4O)cc1. The number of esters is 1. The van der Waals surface area contributed by atoms with Crippen LogP contribution in [-0.4, -0.2) is 38.7 Å². The molecule has 2 aromatic heterocycles. The molecule has 3 aliphatic rings. The zero-order valence-corrected chi connectivity index (χ0v) is 23.9. The molecule has 11 heteroatoms. The van der Waals surface area contributed by atoms with Crippen LogP contribution in [0.15, 0.2) is 75.7 Å². The van der Waals surface area contributed by atoms with Gasteiger partial charge in [0.05, 0.1) is 53.3 Å². The van der Waals surface area contributed by atoms with E-state index in [9.17, 15) is 24.3 Å². The van der Waals surface area contributed by atoms with Crippen LogP contribution in [0.4, 0.5) is 10.5 Å². The highest BCUT2D eigenvalue weighted by atomic mass is 16.5. The topological polar surface area (TPSA) is 152 Å². The van der Waals surface area contributed by atoms with Crippen LogP contribution in [0.5, 0.6) is 0 Å². The van der Waals surface area contributed by atoms with Gasteiger partial charge in [-0.1, -0.05) is 30.3 Å². The summed E-state index contributed by atoms with van der Waals surface area (Å²) in [6.07, 6.45) is 0.394. The zero-order valence-electron chi connectivity index (χ0n) is 23.9. The van der Waals surface area contributed by atoms with Crippen molar-refractivity contribution in [2.75, 3.05) is 0 Å². The number of amides is 2. The van der Waals surface area contributed by atoms with E-state index in [0.717, 1.165) is 27.6 Å². The smallest absolute Gasteiger partial charge is 0.319 e. The van der Waals surface area contributed by atoms with Crippen molar-refractivity contribution in [3.8, 4) is 11.4 Å². The molecule has 3 aliphatic heterocycles. The molecule has 2 atom stereocenters. The molecule has 44 heavy (non-hydrogen) atoms. The number of rotatable bonds is 4. The number of ether oxygens (including phenoxy) is 1. The van der Waals surface area contributed by atoms with Gasteiger partial charge in [-0.25, -0.2) is 9.78 Å². The second kappa shape index (κ2) is 10.4. The number of hydrogen-bond donors (Lipinski definition) is 3. The monoisotopic (exact) mass is 589 g/mol. The number of aliphatic hydroxyl groups excluding tert-OH is 1. The van der Waals surface area contributed by atoms with Crippen LogP contribution in [0.1, 0.15) is 60.2 Å². The van der Waals surface area contributed by atoms with Crippen molar-refractivity contribution < 1.29 is 24.2 Å². The molecule has 0 saturated heterocycles. The number of aromatic nitrogens is 2. The average Bonchev–Trinajstić information content (AvgIpc) is 3.29. The molecule has 0 radical (unpaired) electrons. The van der Waals surface area contributed by atoms with Gasteiger partial charge < -0.3 is 25.0 Å². The van der Waals surface area contributed by atoms with Crippen LogP contribution in [0, 0.1) is 0 Å². The van der Waals surface area contributed by atoms with E-state index in [1.807, 2.05) is 48.5 Å². The molecule has 2 aromatic carbocycles. The van der Waals surface area contributed by atoms with Crippen LogP contribution in [0.3, 0.4) is 0 Å². The Morgan fingerprint density at radius 3 is 2.66 bits per heavy atom. The van der Waals surface area contributed by atoms with Crippen molar-refractivity contribution >= 4 is 40.6 Å². The minimum atomic E-state index is -1.14. The van der Waals surface area contributed by atoms with E-state index < -0.39 is 18.1 Å². The van der Waals surface area contributed by atoms with Gasteiger partial charge in [0.15, 0.2) is 5.78 Å². The molecule has 0 aliphatic carbocycles. The fourth-order valence-electron chi connectivity index (χ4n) is 6.24. The summed E-state index contributed by atoms with van der Waals surface area (Å²) in [7, 11) is 0. The van der Waals surface area contributed by atoms with Crippen LogP contribution >= 0.6 is 0 Å². The third-order valence-corrected chi connectivity index (χ3v) is 8.35. The molecule has 0 fully saturated rings. The van der Waals surface area contributed by atoms with E-state index in [1.165, 1.54) is 6.92 Å². The van der Waals surface area contributed by atoms with Crippen LogP contribution < -0.4 is 16.2 Å². The van der Waals surface area contributed by atoms with Gasteiger partial charge in [-0.2, -0.15) is 0 Å². The van der Waals surface area contributed by atoms with E-state index in [1.54, 1.807) is 23.8 Å². The average molecular weight is 590 g/mol. The van der Waals surface area contributed by atoms with Gasteiger partial charge in [0.2, 0.25) is 0 Å². The molecule has 220 valence electrons. The van der Waals surface area contributed by atoms with Crippen LogP contribution in [0.2, 0.25) is 0 Å². The molecule has 3 N–H and O–H groups in total. The van der Waals surface area contributed by atoms with Crippen molar-refractivity contribution in [1.29, 1.82) is 0 Å². The third kappa shape index (κ3) is 4.49. The lowest BCUT2D eigenvalue weighted by molar-refractivity contribution is -0.146. The molecular formula is C33H27N5O6. The first kappa shape index (κ1) is 27.4. The molecule has 0 saturated carbocycles. The van der Waals surface area contributed by atoms with Crippen molar-refractivity contribution in [3.63, 3.8) is 0 Å². The van der Waals surface area contributed by atoms with Crippen molar-refractivity contribution in [2.45, 2.75) is 45.6 Å². The number of benzene rings is 2. The second-order valence-corrected chi connectivity index (χ2v) is 11.1. The maximum absolute atomic E-state index is 13.6. The Morgan fingerprint density at radius 1 is 1.11 bits per heavy atom. The van der Waals surface area contributed by atoms with Gasteiger partial charge in [0, 0.05) is 34.0 Å². The fraction of sp³-hybridized carbons (Fsp3) is 0.212. The molecular weight excluding hydrogens is 562 g/mol. The van der Waals surface area contributed by atoms with Gasteiger partial charge in [-0.15, -0.1) is 0 Å². The molecule has 7 rings (SSSR count). The third-order valence-electron chi connectivity index (χ3n) is 8.35. The fourth-order valence-corrected chi connectivity index (χ4v) is 6.24. The number of aliphatic hydroxyl groups is 1. The molecule has 11 nitrogen and oxygen atoms in total. The van der Waals surface area contributed by atoms with Gasteiger partial charge in [-0.3, -0.25) is 19.4 Å². The first-order chi connectivity index (χ1) is 21.2. The number of para-hydroxylation sites is 1. The molecule has 5 heterocycles. The molecule has 0 bridgehead atoms. The number of carbonyl (C=O) groups excluding carboxylic acids is 3. The largest absolute Gasteiger partial charge is 0.460 e. The number of Topliss-reactive ketones (excluding diaryl/α,β-unsaturated/α-hetero) is 1. The lowest BCUT2D eigenvalue weighted by Gasteiger charge is -2.28. The number of pyridine rings is 2.